The minimum atomic E-state index is -0.539. The van der Waals surface area contributed by atoms with Crippen molar-refractivity contribution >= 4 is 11.9 Å². The Bertz CT molecular complexity index is 800. The molecule has 0 aliphatic carbocycles. The molecule has 1 aliphatic heterocycles. The molecule has 2 aromatic carbocycles. The Kier molecular flexibility index (Phi) is 8.27. The van der Waals surface area contributed by atoms with Gasteiger partial charge in [-0.3, -0.25) is 4.79 Å². The van der Waals surface area contributed by atoms with Crippen molar-refractivity contribution in [2.75, 3.05) is 19.8 Å². The number of rotatable bonds is 10. The molecule has 1 saturated heterocycles. The molecule has 1 fully saturated rings. The molecule has 160 valence electrons. The molecule has 6 nitrogen and oxygen atoms in total. The van der Waals surface area contributed by atoms with Crippen molar-refractivity contribution in [2.45, 2.75) is 44.8 Å². The van der Waals surface area contributed by atoms with Crippen LogP contribution in [0.5, 0.6) is 5.75 Å². The molecule has 2 aromatic rings. The van der Waals surface area contributed by atoms with Crippen LogP contribution in [-0.4, -0.2) is 37.8 Å². The number of carbonyl (C=O) groups excluding carboxylic acids is 2. The van der Waals surface area contributed by atoms with E-state index in [1.807, 2.05) is 30.3 Å². The second-order valence-corrected chi connectivity index (χ2v) is 7.37. The summed E-state index contributed by atoms with van der Waals surface area (Å²) in [4.78, 5) is 24.5. The lowest BCUT2D eigenvalue weighted by Gasteiger charge is -2.18. The topological polar surface area (TPSA) is 73.9 Å². The number of benzene rings is 2. The van der Waals surface area contributed by atoms with E-state index < -0.39 is 5.97 Å². The van der Waals surface area contributed by atoms with Crippen LogP contribution in [0, 0.1) is 0 Å². The highest BCUT2D eigenvalue weighted by molar-refractivity contribution is 5.91. The molecule has 1 amide bonds. The molecule has 0 radical (unpaired) electrons. The van der Waals surface area contributed by atoms with Gasteiger partial charge in [0, 0.05) is 6.61 Å². The van der Waals surface area contributed by atoms with Crippen LogP contribution in [0.3, 0.4) is 0 Å². The molecular formula is C24H29NO5. The number of esters is 1. The summed E-state index contributed by atoms with van der Waals surface area (Å²) in [5.74, 6) is -0.185. The standard InChI is InChI=1S/C24H29NO5/c1-2-7-22(18-8-4-3-5-9-18)25-23(26)17-30-24(27)19-11-13-20(14-12-19)29-16-21-10-6-15-28-21/h3-5,8-9,11-14,21-22H,2,6-7,10,15-17H2,1H3,(H,25,26)/t21-,22+/m1/s1. The maximum Gasteiger partial charge on any atom is 0.338 e. The van der Waals surface area contributed by atoms with E-state index in [1.165, 1.54) is 0 Å². The van der Waals surface area contributed by atoms with Crippen LogP contribution in [-0.2, 0) is 14.3 Å². The second kappa shape index (κ2) is 11.4. The van der Waals surface area contributed by atoms with Gasteiger partial charge in [0.15, 0.2) is 6.61 Å². The van der Waals surface area contributed by atoms with E-state index in [-0.39, 0.29) is 24.7 Å². The van der Waals surface area contributed by atoms with Gasteiger partial charge in [0.25, 0.3) is 5.91 Å². The molecule has 30 heavy (non-hydrogen) atoms. The minimum absolute atomic E-state index is 0.0947. The van der Waals surface area contributed by atoms with Crippen LogP contribution in [0.2, 0.25) is 0 Å². The van der Waals surface area contributed by atoms with Gasteiger partial charge in [0.05, 0.1) is 17.7 Å². The van der Waals surface area contributed by atoms with Crippen molar-refractivity contribution in [1.82, 2.24) is 5.32 Å². The Morgan fingerprint density at radius 1 is 1.13 bits per heavy atom. The predicted molar refractivity (Wildman–Crippen MR) is 113 cm³/mol. The predicted octanol–water partition coefficient (Wildman–Crippen LogP) is 4.06. The Balaban J connectivity index is 1.45. The van der Waals surface area contributed by atoms with Crippen molar-refractivity contribution in [2.24, 2.45) is 0 Å². The molecule has 0 aromatic heterocycles. The summed E-state index contributed by atoms with van der Waals surface area (Å²) >= 11 is 0. The van der Waals surface area contributed by atoms with E-state index in [0.29, 0.717) is 17.9 Å². The van der Waals surface area contributed by atoms with Crippen LogP contribution in [0.4, 0.5) is 0 Å². The maximum atomic E-state index is 12.3. The third kappa shape index (κ3) is 6.59. The molecule has 3 rings (SSSR count). The quantitative estimate of drug-likeness (QED) is 0.597. The van der Waals surface area contributed by atoms with E-state index >= 15 is 0 Å². The number of amides is 1. The summed E-state index contributed by atoms with van der Waals surface area (Å²) in [6.45, 7) is 3.04. The van der Waals surface area contributed by atoms with Gasteiger partial charge in [-0.1, -0.05) is 43.7 Å². The summed E-state index contributed by atoms with van der Waals surface area (Å²) in [6.07, 6.45) is 3.96. The zero-order chi connectivity index (χ0) is 21.2. The van der Waals surface area contributed by atoms with E-state index in [9.17, 15) is 9.59 Å². The van der Waals surface area contributed by atoms with Crippen molar-refractivity contribution < 1.29 is 23.8 Å². The Hall–Kier alpha value is -2.86. The lowest BCUT2D eigenvalue weighted by Crippen LogP contribution is -2.32. The van der Waals surface area contributed by atoms with Crippen molar-refractivity contribution in [1.29, 1.82) is 0 Å². The summed E-state index contributed by atoms with van der Waals surface area (Å²) in [5, 5.41) is 2.95. The first-order valence-electron chi connectivity index (χ1n) is 10.5. The van der Waals surface area contributed by atoms with E-state index in [4.69, 9.17) is 14.2 Å². The Morgan fingerprint density at radius 3 is 2.57 bits per heavy atom. The Labute approximate surface area is 177 Å². The maximum absolute atomic E-state index is 12.3. The number of hydrogen-bond donors (Lipinski definition) is 1. The second-order valence-electron chi connectivity index (χ2n) is 7.37. The number of ether oxygens (including phenoxy) is 3. The first kappa shape index (κ1) is 21.8. The average Bonchev–Trinajstić information content (AvgIpc) is 3.30. The molecule has 2 atom stereocenters. The number of carbonyl (C=O) groups is 2. The van der Waals surface area contributed by atoms with Gasteiger partial charge in [-0.2, -0.15) is 0 Å². The van der Waals surface area contributed by atoms with Gasteiger partial charge in [-0.15, -0.1) is 0 Å². The molecule has 0 bridgehead atoms. The molecule has 6 heteroatoms. The fraction of sp³-hybridized carbons (Fsp3) is 0.417. The molecule has 0 unspecified atom stereocenters. The molecule has 0 saturated carbocycles. The molecular weight excluding hydrogens is 382 g/mol. The van der Waals surface area contributed by atoms with Gasteiger partial charge in [-0.25, -0.2) is 4.79 Å². The molecule has 0 spiro atoms. The summed E-state index contributed by atoms with van der Waals surface area (Å²) in [7, 11) is 0. The van der Waals surface area contributed by atoms with Crippen LogP contribution < -0.4 is 10.1 Å². The summed E-state index contributed by atoms with van der Waals surface area (Å²) in [6, 6.07) is 16.4. The van der Waals surface area contributed by atoms with Crippen LogP contribution in [0.1, 0.15) is 54.6 Å². The zero-order valence-electron chi connectivity index (χ0n) is 17.3. The third-order valence-electron chi connectivity index (χ3n) is 5.00. The SMILES string of the molecule is CCC[C@H](NC(=O)COC(=O)c1ccc(OC[C@H]2CCCO2)cc1)c1ccccc1. The van der Waals surface area contributed by atoms with Crippen molar-refractivity contribution in [3.63, 3.8) is 0 Å². The summed E-state index contributed by atoms with van der Waals surface area (Å²) < 4.78 is 16.4. The first-order valence-corrected chi connectivity index (χ1v) is 10.5. The van der Waals surface area contributed by atoms with E-state index in [1.54, 1.807) is 24.3 Å². The van der Waals surface area contributed by atoms with Crippen LogP contribution in [0.25, 0.3) is 0 Å². The van der Waals surface area contributed by atoms with E-state index in [2.05, 4.69) is 12.2 Å². The van der Waals surface area contributed by atoms with E-state index in [0.717, 1.165) is 37.9 Å². The fourth-order valence-electron chi connectivity index (χ4n) is 3.40. The highest BCUT2D eigenvalue weighted by Gasteiger charge is 2.17. The van der Waals surface area contributed by atoms with Gasteiger partial charge < -0.3 is 19.5 Å². The lowest BCUT2D eigenvalue weighted by atomic mass is 10.0. The van der Waals surface area contributed by atoms with Gasteiger partial charge in [-0.05, 0) is 49.1 Å². The highest BCUT2D eigenvalue weighted by atomic mass is 16.5. The minimum Gasteiger partial charge on any atom is -0.491 e. The van der Waals surface area contributed by atoms with Crippen LogP contribution in [0.15, 0.2) is 54.6 Å². The van der Waals surface area contributed by atoms with Crippen molar-refractivity contribution in [3.05, 3.63) is 65.7 Å². The third-order valence-corrected chi connectivity index (χ3v) is 5.00. The molecule has 1 N–H and O–H groups in total. The normalized spacial score (nSPS) is 16.6. The highest BCUT2D eigenvalue weighted by Crippen LogP contribution is 2.19. The molecule has 1 heterocycles. The molecule has 1 aliphatic rings. The fourth-order valence-corrected chi connectivity index (χ4v) is 3.40. The first-order chi connectivity index (χ1) is 14.7. The van der Waals surface area contributed by atoms with Gasteiger partial charge >= 0.3 is 5.97 Å². The van der Waals surface area contributed by atoms with Crippen LogP contribution >= 0.6 is 0 Å². The van der Waals surface area contributed by atoms with Crippen molar-refractivity contribution in [3.8, 4) is 5.75 Å². The Morgan fingerprint density at radius 2 is 1.90 bits per heavy atom. The average molecular weight is 411 g/mol. The number of hydrogen-bond acceptors (Lipinski definition) is 5. The summed E-state index contributed by atoms with van der Waals surface area (Å²) in [5.41, 5.74) is 1.41. The zero-order valence-corrected chi connectivity index (χ0v) is 17.3. The lowest BCUT2D eigenvalue weighted by molar-refractivity contribution is -0.125. The number of nitrogens with one attached hydrogen (secondary N) is 1. The van der Waals surface area contributed by atoms with Gasteiger partial charge in [0.1, 0.15) is 12.4 Å². The smallest absolute Gasteiger partial charge is 0.338 e. The largest absolute Gasteiger partial charge is 0.491 e. The van der Waals surface area contributed by atoms with Gasteiger partial charge in [0.2, 0.25) is 0 Å². The monoisotopic (exact) mass is 411 g/mol.